The van der Waals surface area contributed by atoms with Gasteiger partial charge in [0.1, 0.15) is 0 Å². The fourth-order valence-corrected chi connectivity index (χ4v) is 3.01. The molecule has 1 atom stereocenters. The Balaban J connectivity index is 2.06. The lowest BCUT2D eigenvalue weighted by molar-refractivity contribution is 0.0594. The maximum absolute atomic E-state index is 10.8. The lowest BCUT2D eigenvalue weighted by Gasteiger charge is -2.30. The van der Waals surface area contributed by atoms with Crippen LogP contribution in [-0.2, 0) is 0 Å². The van der Waals surface area contributed by atoms with E-state index in [1.807, 2.05) is 0 Å². The van der Waals surface area contributed by atoms with Gasteiger partial charge in [-0.3, -0.25) is 0 Å². The van der Waals surface area contributed by atoms with Crippen LogP contribution in [0.25, 0.3) is 0 Å². The lowest BCUT2D eigenvalue weighted by Crippen LogP contribution is -2.32. The van der Waals surface area contributed by atoms with Crippen molar-refractivity contribution in [2.45, 2.75) is 57.0 Å². The molecule has 2 nitrogen and oxygen atoms in total. The van der Waals surface area contributed by atoms with E-state index in [9.17, 15) is 5.11 Å². The van der Waals surface area contributed by atoms with Gasteiger partial charge >= 0.3 is 0 Å². The van der Waals surface area contributed by atoms with Gasteiger partial charge in [0.25, 0.3) is 0 Å². The lowest BCUT2D eigenvalue weighted by atomic mass is 9.84. The van der Waals surface area contributed by atoms with Crippen molar-refractivity contribution < 1.29 is 5.11 Å². The average molecular weight is 223 g/mol. The molecule has 1 heterocycles. The van der Waals surface area contributed by atoms with E-state index in [4.69, 9.17) is 0 Å². The van der Waals surface area contributed by atoms with Crippen molar-refractivity contribution in [1.82, 2.24) is 4.90 Å². The van der Waals surface area contributed by atoms with Crippen LogP contribution in [0, 0.1) is 0 Å². The molecule has 16 heavy (non-hydrogen) atoms. The molecule has 2 aliphatic rings. The third kappa shape index (κ3) is 2.86. The van der Waals surface area contributed by atoms with Gasteiger partial charge in [0, 0.05) is 6.54 Å². The topological polar surface area (TPSA) is 23.5 Å². The number of hydrogen-bond acceptors (Lipinski definition) is 2. The molecule has 0 aromatic heterocycles. The van der Waals surface area contributed by atoms with Gasteiger partial charge in [-0.25, -0.2) is 0 Å². The van der Waals surface area contributed by atoms with E-state index in [2.05, 4.69) is 18.0 Å². The molecule has 0 bridgehead atoms. The van der Waals surface area contributed by atoms with E-state index in [-0.39, 0.29) is 0 Å². The second kappa shape index (κ2) is 5.33. The van der Waals surface area contributed by atoms with E-state index in [1.165, 1.54) is 31.3 Å². The van der Waals surface area contributed by atoms with Crippen molar-refractivity contribution in [3.63, 3.8) is 0 Å². The van der Waals surface area contributed by atoms with Gasteiger partial charge in [-0.15, -0.1) is 0 Å². The van der Waals surface area contributed by atoms with E-state index in [0.717, 1.165) is 38.8 Å². The molecule has 0 aromatic rings. The normalized spacial score (nSPS) is 34.0. The molecule has 0 aromatic carbocycles. The molecule has 1 aliphatic heterocycles. The van der Waals surface area contributed by atoms with Gasteiger partial charge < -0.3 is 10.0 Å². The summed E-state index contributed by atoms with van der Waals surface area (Å²) in [5.74, 6) is 0. The average Bonchev–Trinajstić information content (AvgIpc) is 2.62. The van der Waals surface area contributed by atoms with Crippen molar-refractivity contribution in [1.29, 1.82) is 0 Å². The minimum Gasteiger partial charge on any atom is -0.385 e. The van der Waals surface area contributed by atoms with Gasteiger partial charge in [0.15, 0.2) is 0 Å². The largest absolute Gasteiger partial charge is 0.385 e. The second-order valence-corrected chi connectivity index (χ2v) is 5.52. The smallest absolute Gasteiger partial charge is 0.0869 e. The maximum Gasteiger partial charge on any atom is 0.0869 e. The van der Waals surface area contributed by atoms with Crippen molar-refractivity contribution in [3.8, 4) is 0 Å². The monoisotopic (exact) mass is 223 g/mol. The van der Waals surface area contributed by atoms with Crippen molar-refractivity contribution in [2.24, 2.45) is 0 Å². The summed E-state index contributed by atoms with van der Waals surface area (Å²) < 4.78 is 0. The van der Waals surface area contributed by atoms with E-state index in [0.29, 0.717) is 0 Å². The maximum atomic E-state index is 10.8. The molecule has 0 spiro atoms. The van der Waals surface area contributed by atoms with Crippen LogP contribution in [0.5, 0.6) is 0 Å². The zero-order chi connectivity index (χ0) is 11.4. The number of aliphatic hydroxyl groups is 1. The van der Waals surface area contributed by atoms with Gasteiger partial charge in [-0.05, 0) is 64.1 Å². The molecule has 0 radical (unpaired) electrons. The summed E-state index contributed by atoms with van der Waals surface area (Å²) in [7, 11) is 2.16. The highest BCUT2D eigenvalue weighted by molar-refractivity contribution is 5.18. The first-order valence-corrected chi connectivity index (χ1v) is 6.81. The molecule has 2 rings (SSSR count). The van der Waals surface area contributed by atoms with Crippen molar-refractivity contribution >= 4 is 0 Å². The Kier molecular flexibility index (Phi) is 4.04. The minimum atomic E-state index is -0.477. The van der Waals surface area contributed by atoms with Gasteiger partial charge in [-0.1, -0.05) is 12.5 Å². The van der Waals surface area contributed by atoms with E-state index in [1.54, 1.807) is 0 Å². The number of allylic oxidation sites excluding steroid dienone is 1. The van der Waals surface area contributed by atoms with Crippen LogP contribution >= 0.6 is 0 Å². The number of nitrogens with zero attached hydrogens (tertiary/aromatic N) is 1. The Labute approximate surface area is 99.3 Å². The first-order chi connectivity index (χ1) is 7.71. The second-order valence-electron chi connectivity index (χ2n) is 5.52. The fourth-order valence-electron chi connectivity index (χ4n) is 3.01. The molecule has 2 heteroatoms. The summed E-state index contributed by atoms with van der Waals surface area (Å²) in [4.78, 5) is 2.34. The Morgan fingerprint density at radius 1 is 1.12 bits per heavy atom. The molecule has 0 amide bonds. The van der Waals surface area contributed by atoms with Crippen LogP contribution in [0.2, 0.25) is 0 Å². The van der Waals surface area contributed by atoms with Gasteiger partial charge in [0.05, 0.1) is 5.60 Å². The molecule has 92 valence electrons. The van der Waals surface area contributed by atoms with E-state index >= 15 is 0 Å². The predicted molar refractivity (Wildman–Crippen MR) is 67.5 cm³/mol. The number of likely N-dealkylation sites (tertiary alicyclic amines) is 1. The standard InChI is InChI=1S/C14H25NO/c1-15-11-6-9-14(16,10-12-15)13-7-4-2-3-5-8-13/h7,16H,2-6,8-12H2,1H3. The zero-order valence-corrected chi connectivity index (χ0v) is 10.5. The summed E-state index contributed by atoms with van der Waals surface area (Å²) in [5, 5.41) is 10.8. The quantitative estimate of drug-likeness (QED) is 0.691. The van der Waals surface area contributed by atoms with E-state index < -0.39 is 5.60 Å². The summed E-state index contributed by atoms with van der Waals surface area (Å²) in [5.41, 5.74) is 0.870. The molecule has 1 saturated heterocycles. The fraction of sp³-hybridized carbons (Fsp3) is 0.857. The van der Waals surface area contributed by atoms with Crippen LogP contribution in [0.15, 0.2) is 11.6 Å². The molecular formula is C14H25NO. The van der Waals surface area contributed by atoms with Crippen LogP contribution in [0.4, 0.5) is 0 Å². The summed E-state index contributed by atoms with van der Waals surface area (Å²) >= 11 is 0. The van der Waals surface area contributed by atoms with Crippen LogP contribution < -0.4 is 0 Å². The van der Waals surface area contributed by atoms with Gasteiger partial charge in [0.2, 0.25) is 0 Å². The molecule has 1 unspecified atom stereocenters. The Bertz CT molecular complexity index is 261. The highest BCUT2D eigenvalue weighted by Gasteiger charge is 2.32. The SMILES string of the molecule is CN1CCCC(O)(C2=CCCCCC2)CC1. The summed E-state index contributed by atoms with van der Waals surface area (Å²) in [6, 6.07) is 0. The third-order valence-corrected chi connectivity index (χ3v) is 4.18. The first-order valence-electron chi connectivity index (χ1n) is 6.81. The Morgan fingerprint density at radius 3 is 2.88 bits per heavy atom. The predicted octanol–water partition coefficient (Wildman–Crippen LogP) is 2.72. The molecule has 1 aliphatic carbocycles. The Hall–Kier alpha value is -0.340. The van der Waals surface area contributed by atoms with Crippen LogP contribution in [-0.4, -0.2) is 35.7 Å². The first kappa shape index (κ1) is 12.1. The van der Waals surface area contributed by atoms with Crippen molar-refractivity contribution in [3.05, 3.63) is 11.6 Å². The highest BCUT2D eigenvalue weighted by atomic mass is 16.3. The highest BCUT2D eigenvalue weighted by Crippen LogP contribution is 2.34. The minimum absolute atomic E-state index is 0.477. The van der Waals surface area contributed by atoms with Crippen molar-refractivity contribution in [2.75, 3.05) is 20.1 Å². The number of hydrogen-bond donors (Lipinski definition) is 1. The zero-order valence-electron chi connectivity index (χ0n) is 10.5. The van der Waals surface area contributed by atoms with Gasteiger partial charge in [-0.2, -0.15) is 0 Å². The summed E-state index contributed by atoms with van der Waals surface area (Å²) in [6.45, 7) is 2.17. The molecule has 1 fully saturated rings. The van der Waals surface area contributed by atoms with Crippen LogP contribution in [0.1, 0.15) is 51.4 Å². The molecular weight excluding hydrogens is 198 g/mol. The third-order valence-electron chi connectivity index (χ3n) is 4.18. The Morgan fingerprint density at radius 2 is 2.00 bits per heavy atom. The van der Waals surface area contributed by atoms with Crippen LogP contribution in [0.3, 0.4) is 0 Å². The molecule has 1 N–H and O–H groups in total. The molecule has 0 saturated carbocycles. The number of rotatable bonds is 1. The summed E-state index contributed by atoms with van der Waals surface area (Å²) in [6.07, 6.45) is 11.5.